The first-order valence-electron chi connectivity index (χ1n) is 12.5. The van der Waals surface area contributed by atoms with Crippen LogP contribution in [0.3, 0.4) is 0 Å². The average Bonchev–Trinajstić information content (AvgIpc) is 2.94. The van der Waals surface area contributed by atoms with Gasteiger partial charge in [-0.3, -0.25) is 13.9 Å². The minimum atomic E-state index is -4.88. The van der Waals surface area contributed by atoms with Gasteiger partial charge < -0.3 is 10.2 Å². The van der Waals surface area contributed by atoms with E-state index < -0.39 is 56.9 Å². The summed E-state index contributed by atoms with van der Waals surface area (Å²) in [6.45, 7) is 2.80. The number of rotatable bonds is 11. The van der Waals surface area contributed by atoms with Gasteiger partial charge in [-0.15, -0.1) is 0 Å². The van der Waals surface area contributed by atoms with Gasteiger partial charge in [-0.2, -0.15) is 13.2 Å². The molecule has 1 atom stereocenters. The van der Waals surface area contributed by atoms with Gasteiger partial charge in [0.05, 0.1) is 21.2 Å². The Kier molecular flexibility index (Phi) is 10.8. The lowest BCUT2D eigenvalue weighted by Gasteiger charge is -2.32. The van der Waals surface area contributed by atoms with Crippen molar-refractivity contribution in [3.05, 3.63) is 93.4 Å². The van der Waals surface area contributed by atoms with Gasteiger partial charge in [0.2, 0.25) is 11.8 Å². The number of carbonyl (C=O) groups excluding carboxylic acids is 2. The van der Waals surface area contributed by atoms with E-state index in [0.29, 0.717) is 28.9 Å². The lowest BCUT2D eigenvalue weighted by molar-refractivity contribution is -0.139. The molecule has 3 aromatic carbocycles. The maximum atomic E-state index is 13.8. The van der Waals surface area contributed by atoms with Crippen LogP contribution >= 0.6 is 27.5 Å². The molecule has 13 heteroatoms. The van der Waals surface area contributed by atoms with Crippen LogP contribution in [0.15, 0.2) is 82.2 Å². The molecule has 0 spiro atoms. The third-order valence-electron chi connectivity index (χ3n) is 6.14. The molecule has 2 amide bonds. The Hall–Kier alpha value is -3.09. The fourth-order valence-corrected chi connectivity index (χ4v) is 5.82. The van der Waals surface area contributed by atoms with Gasteiger partial charge in [-0.05, 0) is 61.4 Å². The molecular formula is C28H28BrClF3N3O4S. The lowest BCUT2D eigenvalue weighted by atomic mass is 10.1. The zero-order chi connectivity index (χ0) is 30.4. The number of hydrogen-bond donors (Lipinski definition) is 1. The van der Waals surface area contributed by atoms with Gasteiger partial charge in [0.15, 0.2) is 0 Å². The summed E-state index contributed by atoms with van der Waals surface area (Å²) >= 11 is 9.12. The molecule has 1 N–H and O–H groups in total. The SMILES string of the molecule is CCCNC(=O)C(C)N(Cc1ccc(Br)cc1)C(=O)CN(c1ccc(Cl)c(C(F)(F)F)c1)S(=O)(=O)c1ccccc1. The Bertz CT molecular complexity index is 1470. The van der Waals surface area contributed by atoms with Crippen LogP contribution in [-0.4, -0.2) is 44.3 Å². The summed E-state index contributed by atoms with van der Waals surface area (Å²) < 4.78 is 69.9. The largest absolute Gasteiger partial charge is 0.417 e. The molecule has 1 unspecified atom stereocenters. The highest BCUT2D eigenvalue weighted by Crippen LogP contribution is 2.38. The van der Waals surface area contributed by atoms with Crippen molar-refractivity contribution in [2.75, 3.05) is 17.4 Å². The molecule has 0 saturated heterocycles. The molecule has 0 fully saturated rings. The number of hydrogen-bond acceptors (Lipinski definition) is 4. The van der Waals surface area contributed by atoms with Crippen molar-refractivity contribution in [3.8, 4) is 0 Å². The van der Waals surface area contributed by atoms with Gasteiger partial charge in [0, 0.05) is 17.6 Å². The third kappa shape index (κ3) is 8.23. The zero-order valence-corrected chi connectivity index (χ0v) is 25.3. The molecule has 220 valence electrons. The first-order valence-corrected chi connectivity index (χ1v) is 15.1. The van der Waals surface area contributed by atoms with Crippen LogP contribution in [0, 0.1) is 0 Å². The van der Waals surface area contributed by atoms with E-state index in [4.69, 9.17) is 11.6 Å². The number of sulfonamides is 1. The maximum Gasteiger partial charge on any atom is 0.417 e. The highest BCUT2D eigenvalue weighted by atomic mass is 79.9. The monoisotopic (exact) mass is 673 g/mol. The number of anilines is 1. The molecule has 3 rings (SSSR count). The number of halogens is 5. The first-order chi connectivity index (χ1) is 19.3. The summed E-state index contributed by atoms with van der Waals surface area (Å²) in [5, 5.41) is 2.10. The van der Waals surface area contributed by atoms with E-state index in [1.165, 1.54) is 36.1 Å². The van der Waals surface area contributed by atoms with E-state index in [9.17, 15) is 31.2 Å². The van der Waals surface area contributed by atoms with E-state index in [1.807, 2.05) is 6.92 Å². The van der Waals surface area contributed by atoms with Crippen molar-refractivity contribution >= 4 is 55.1 Å². The second-order valence-electron chi connectivity index (χ2n) is 9.10. The Labute approximate surface area is 250 Å². The number of alkyl halides is 3. The van der Waals surface area contributed by atoms with Crippen LogP contribution in [0.25, 0.3) is 0 Å². The summed E-state index contributed by atoms with van der Waals surface area (Å²) in [5.41, 5.74) is -1.01. The zero-order valence-electron chi connectivity index (χ0n) is 22.2. The number of nitrogens with zero attached hydrogens (tertiary/aromatic N) is 2. The van der Waals surface area contributed by atoms with Crippen molar-refractivity contribution in [2.45, 2.75) is 43.9 Å². The fourth-order valence-electron chi connectivity index (χ4n) is 3.90. The molecule has 41 heavy (non-hydrogen) atoms. The summed E-state index contributed by atoms with van der Waals surface area (Å²) in [5.74, 6) is -1.25. The van der Waals surface area contributed by atoms with E-state index in [2.05, 4.69) is 21.2 Å². The molecule has 0 aliphatic rings. The highest BCUT2D eigenvalue weighted by Gasteiger charge is 2.36. The Morgan fingerprint density at radius 3 is 2.24 bits per heavy atom. The van der Waals surface area contributed by atoms with Crippen molar-refractivity contribution < 1.29 is 31.2 Å². The molecule has 0 radical (unpaired) electrons. The van der Waals surface area contributed by atoms with Crippen molar-refractivity contribution in [3.63, 3.8) is 0 Å². The summed E-state index contributed by atoms with van der Waals surface area (Å²) in [4.78, 5) is 27.7. The smallest absolute Gasteiger partial charge is 0.354 e. The van der Waals surface area contributed by atoms with E-state index in [0.717, 1.165) is 16.6 Å². The quantitative estimate of drug-likeness (QED) is 0.260. The topological polar surface area (TPSA) is 86.8 Å². The Balaban J connectivity index is 2.09. The first kappa shape index (κ1) is 32.4. The number of carbonyl (C=O) groups is 2. The maximum absolute atomic E-state index is 13.8. The van der Waals surface area contributed by atoms with Crippen LogP contribution in [0.2, 0.25) is 5.02 Å². The molecule has 0 bridgehead atoms. The van der Waals surface area contributed by atoms with E-state index in [-0.39, 0.29) is 11.4 Å². The van der Waals surface area contributed by atoms with Gasteiger partial charge >= 0.3 is 6.18 Å². The highest BCUT2D eigenvalue weighted by molar-refractivity contribution is 9.10. The number of amides is 2. The Morgan fingerprint density at radius 2 is 1.66 bits per heavy atom. The molecular weight excluding hydrogens is 647 g/mol. The predicted molar refractivity (Wildman–Crippen MR) is 155 cm³/mol. The normalized spacial score (nSPS) is 12.5. The minimum Gasteiger partial charge on any atom is -0.354 e. The summed E-state index contributed by atoms with van der Waals surface area (Å²) in [6, 6.07) is 15.6. The second-order valence-corrected chi connectivity index (χ2v) is 12.3. The third-order valence-corrected chi connectivity index (χ3v) is 8.78. The molecule has 0 aromatic heterocycles. The van der Waals surface area contributed by atoms with Crippen LogP contribution in [0.5, 0.6) is 0 Å². The molecule has 3 aromatic rings. The summed E-state index contributed by atoms with van der Waals surface area (Å²) in [6.07, 6.45) is -4.22. The minimum absolute atomic E-state index is 0.0551. The summed E-state index contributed by atoms with van der Waals surface area (Å²) in [7, 11) is -4.53. The van der Waals surface area contributed by atoms with Crippen LogP contribution in [0.4, 0.5) is 18.9 Å². The van der Waals surface area contributed by atoms with Crippen molar-refractivity contribution in [2.24, 2.45) is 0 Å². The molecule has 0 heterocycles. The number of benzene rings is 3. The molecule has 0 saturated carbocycles. The van der Waals surface area contributed by atoms with Gasteiger partial charge in [0.25, 0.3) is 10.0 Å². The second kappa shape index (κ2) is 13.7. The lowest BCUT2D eigenvalue weighted by Crippen LogP contribution is -2.51. The van der Waals surface area contributed by atoms with E-state index in [1.54, 1.807) is 30.3 Å². The standard InChI is InChI=1S/C28H28BrClF3N3O4S/c1-3-15-34-27(38)19(2)35(17-20-9-11-21(29)12-10-20)26(37)18-36(41(39,40)23-7-5-4-6-8-23)22-13-14-25(30)24(16-22)28(31,32)33/h4-14,16,19H,3,15,17-18H2,1-2H3,(H,34,38). The predicted octanol–water partition coefficient (Wildman–Crippen LogP) is 6.26. The van der Waals surface area contributed by atoms with Gasteiger partial charge in [-0.25, -0.2) is 8.42 Å². The van der Waals surface area contributed by atoms with Gasteiger partial charge in [0.1, 0.15) is 12.6 Å². The molecule has 7 nitrogen and oxygen atoms in total. The van der Waals surface area contributed by atoms with Crippen LogP contribution in [-0.2, 0) is 32.3 Å². The van der Waals surface area contributed by atoms with Crippen molar-refractivity contribution in [1.82, 2.24) is 10.2 Å². The van der Waals surface area contributed by atoms with Crippen LogP contribution in [0.1, 0.15) is 31.4 Å². The van der Waals surface area contributed by atoms with E-state index >= 15 is 0 Å². The number of nitrogens with one attached hydrogen (secondary N) is 1. The molecule has 0 aliphatic heterocycles. The van der Waals surface area contributed by atoms with Crippen molar-refractivity contribution in [1.29, 1.82) is 0 Å². The Morgan fingerprint density at radius 1 is 1.02 bits per heavy atom. The average molecular weight is 675 g/mol. The fraction of sp³-hybridized carbons (Fsp3) is 0.286. The van der Waals surface area contributed by atoms with Gasteiger partial charge in [-0.1, -0.05) is 64.8 Å². The molecule has 0 aliphatic carbocycles. The van der Waals surface area contributed by atoms with Crippen LogP contribution < -0.4 is 9.62 Å².